The Bertz CT molecular complexity index is 453. The van der Waals surface area contributed by atoms with E-state index in [2.05, 4.69) is 91.8 Å². The molecule has 0 amide bonds. The summed E-state index contributed by atoms with van der Waals surface area (Å²) in [5.74, 6) is 2.68. The summed E-state index contributed by atoms with van der Waals surface area (Å²) >= 11 is 0. The van der Waals surface area contributed by atoms with Gasteiger partial charge in [0.05, 0.1) is 0 Å². The van der Waals surface area contributed by atoms with Crippen molar-refractivity contribution in [3.8, 4) is 0 Å². The summed E-state index contributed by atoms with van der Waals surface area (Å²) in [6, 6.07) is 13.6. The van der Waals surface area contributed by atoms with Gasteiger partial charge in [-0.2, -0.15) is 46.5 Å². The van der Waals surface area contributed by atoms with Crippen molar-refractivity contribution >= 4 is 0 Å². The van der Waals surface area contributed by atoms with Gasteiger partial charge in [0.2, 0.25) is 0 Å². The predicted octanol–water partition coefficient (Wildman–Crippen LogP) is 1.31. The van der Waals surface area contributed by atoms with Crippen LogP contribution < -0.4 is 24.8 Å². The summed E-state index contributed by atoms with van der Waals surface area (Å²) in [6.45, 7) is 17.9. The van der Waals surface area contributed by atoms with E-state index in [1.165, 1.54) is 22.3 Å². The zero-order chi connectivity index (χ0) is 16.9. The van der Waals surface area contributed by atoms with Crippen LogP contribution in [0.3, 0.4) is 0 Å². The minimum absolute atomic E-state index is 0. The van der Waals surface area contributed by atoms with Crippen LogP contribution in [0, 0.1) is 0 Å². The van der Waals surface area contributed by atoms with Crippen LogP contribution in [0.5, 0.6) is 0 Å². The third-order valence-corrected chi connectivity index (χ3v) is 4.27. The van der Waals surface area contributed by atoms with E-state index in [-0.39, 0.29) is 51.0 Å². The van der Waals surface area contributed by atoms with Crippen LogP contribution in [0.25, 0.3) is 0 Å². The molecular formula is C22H34Cl2Zr. The van der Waals surface area contributed by atoms with Crippen LogP contribution in [0.1, 0.15) is 101 Å². The van der Waals surface area contributed by atoms with Crippen molar-refractivity contribution in [2.24, 2.45) is 0 Å². The van der Waals surface area contributed by atoms with E-state index in [0.29, 0.717) is 23.7 Å². The number of halogens is 2. The Kier molecular flexibility index (Phi) is 17.0. The molecule has 0 radical (unpaired) electrons. The topological polar surface area (TPSA) is 0 Å². The zero-order valence-corrected chi connectivity index (χ0v) is 21.0. The summed E-state index contributed by atoms with van der Waals surface area (Å²) in [5, 5.41) is 0. The van der Waals surface area contributed by atoms with Gasteiger partial charge in [-0.25, -0.2) is 12.1 Å². The first-order valence-electron chi connectivity index (χ1n) is 8.75. The quantitative estimate of drug-likeness (QED) is 0.604. The van der Waals surface area contributed by atoms with E-state index >= 15 is 0 Å². The fourth-order valence-corrected chi connectivity index (χ4v) is 2.40. The molecule has 2 aromatic carbocycles. The van der Waals surface area contributed by atoms with E-state index in [1.807, 2.05) is 0 Å². The third kappa shape index (κ3) is 10.2. The molecule has 0 aromatic heterocycles. The predicted molar refractivity (Wildman–Crippen MR) is 100 cm³/mol. The summed E-state index contributed by atoms with van der Waals surface area (Å²) in [6.07, 6.45) is 0. The van der Waals surface area contributed by atoms with Crippen LogP contribution >= 0.6 is 0 Å². The van der Waals surface area contributed by atoms with E-state index in [9.17, 15) is 0 Å². The molecule has 0 aliphatic rings. The molecule has 0 nitrogen and oxygen atoms in total. The molecule has 0 aliphatic heterocycles. The molecular weight excluding hydrogens is 426 g/mol. The summed E-state index contributed by atoms with van der Waals surface area (Å²) in [5.41, 5.74) is 5.87. The van der Waals surface area contributed by atoms with Gasteiger partial charge in [-0.15, -0.1) is 0 Å². The van der Waals surface area contributed by atoms with Gasteiger partial charge in [-0.3, -0.25) is 0 Å². The molecule has 0 saturated heterocycles. The molecule has 3 heteroatoms. The van der Waals surface area contributed by atoms with Gasteiger partial charge in [0.1, 0.15) is 0 Å². The first kappa shape index (κ1) is 29.9. The molecule has 140 valence electrons. The minimum atomic E-state index is 0. The molecule has 0 bridgehead atoms. The molecule has 2 rings (SSSR count). The first-order valence-corrected chi connectivity index (χ1v) is 8.75. The second-order valence-electron chi connectivity index (χ2n) is 7.57. The molecule has 0 heterocycles. The molecule has 0 spiro atoms. The Morgan fingerprint density at radius 3 is 1.00 bits per heavy atom. The molecule has 0 atom stereocenters. The third-order valence-electron chi connectivity index (χ3n) is 4.27. The largest absolute Gasteiger partial charge is 4.00 e. The number of hydrogen-bond acceptors (Lipinski definition) is 0. The first-order chi connectivity index (χ1) is 10.2. The van der Waals surface area contributed by atoms with Crippen LogP contribution in [-0.2, 0) is 26.2 Å². The monoisotopic (exact) mass is 458 g/mol. The smallest absolute Gasteiger partial charge is 1.00 e. The standard InChI is InChI=1S/2C11H17.2ClH.Zr/c2*1-8(2)10-5-6-11(7-10)9(3)4;;;/h2*5-9H,1-4H3;2*1H;/q2*-1;;;+4/p-2. The van der Waals surface area contributed by atoms with E-state index in [1.54, 1.807) is 0 Å². The van der Waals surface area contributed by atoms with Crippen molar-refractivity contribution in [2.45, 2.75) is 79.1 Å². The maximum atomic E-state index is 2.31. The number of rotatable bonds is 4. The van der Waals surface area contributed by atoms with Crippen LogP contribution in [0.2, 0.25) is 0 Å². The molecule has 0 fully saturated rings. The second-order valence-corrected chi connectivity index (χ2v) is 7.57. The minimum Gasteiger partial charge on any atom is -1.00 e. The Labute approximate surface area is 187 Å². The van der Waals surface area contributed by atoms with Crippen LogP contribution in [-0.4, -0.2) is 0 Å². The number of hydrogen-bond donors (Lipinski definition) is 0. The molecule has 0 saturated carbocycles. The van der Waals surface area contributed by atoms with Gasteiger partial charge in [-0.1, -0.05) is 79.1 Å². The van der Waals surface area contributed by atoms with Crippen molar-refractivity contribution in [1.29, 1.82) is 0 Å². The van der Waals surface area contributed by atoms with Crippen molar-refractivity contribution in [1.82, 2.24) is 0 Å². The normalized spacial score (nSPS) is 10.1. The van der Waals surface area contributed by atoms with Crippen molar-refractivity contribution in [3.63, 3.8) is 0 Å². The Balaban J connectivity index is -0.000000346. The Morgan fingerprint density at radius 2 is 0.880 bits per heavy atom. The average Bonchev–Trinajstić information content (AvgIpc) is 3.09. The molecule has 2 aromatic rings. The fraction of sp³-hybridized carbons (Fsp3) is 0.545. The van der Waals surface area contributed by atoms with Gasteiger partial charge in [0.15, 0.2) is 0 Å². The maximum Gasteiger partial charge on any atom is 4.00 e. The van der Waals surface area contributed by atoms with E-state index in [4.69, 9.17) is 0 Å². The van der Waals surface area contributed by atoms with Gasteiger partial charge in [0, 0.05) is 0 Å². The average molecular weight is 461 g/mol. The summed E-state index contributed by atoms with van der Waals surface area (Å²) in [7, 11) is 0. The molecule has 0 aliphatic carbocycles. The van der Waals surface area contributed by atoms with E-state index in [0.717, 1.165) is 0 Å². The maximum absolute atomic E-state index is 2.31. The van der Waals surface area contributed by atoms with Crippen LogP contribution in [0.4, 0.5) is 0 Å². The Morgan fingerprint density at radius 1 is 0.600 bits per heavy atom. The molecule has 25 heavy (non-hydrogen) atoms. The van der Waals surface area contributed by atoms with Crippen molar-refractivity contribution < 1.29 is 51.0 Å². The fourth-order valence-electron chi connectivity index (χ4n) is 2.40. The van der Waals surface area contributed by atoms with E-state index < -0.39 is 0 Å². The molecule has 0 unspecified atom stereocenters. The molecule has 0 N–H and O–H groups in total. The van der Waals surface area contributed by atoms with Gasteiger partial charge in [-0.05, 0) is 0 Å². The van der Waals surface area contributed by atoms with Crippen LogP contribution in [0.15, 0.2) is 36.4 Å². The SMILES string of the molecule is CC(C)c1cc[c-](C(C)C)c1.CC(C)c1cc[c-](C(C)C)c1.[Cl-].[Cl-].[Zr+4]. The summed E-state index contributed by atoms with van der Waals surface area (Å²) < 4.78 is 0. The van der Waals surface area contributed by atoms with Crippen molar-refractivity contribution in [2.75, 3.05) is 0 Å². The van der Waals surface area contributed by atoms with Gasteiger partial charge in [0.25, 0.3) is 0 Å². The van der Waals surface area contributed by atoms with Gasteiger partial charge >= 0.3 is 26.2 Å². The second kappa shape index (κ2) is 14.2. The van der Waals surface area contributed by atoms with Gasteiger partial charge < -0.3 is 24.8 Å². The summed E-state index contributed by atoms with van der Waals surface area (Å²) in [4.78, 5) is 0. The zero-order valence-electron chi connectivity index (χ0n) is 17.0. The Hall–Kier alpha value is 0.163. The van der Waals surface area contributed by atoms with Crippen molar-refractivity contribution in [3.05, 3.63) is 58.7 Å².